The SMILES string of the molecule is c1ccc(-c2cccc(-c3c4ccccc4c(-c4ccc5c(c4)Cc4ccc6ccccc6c4-5)c4ccccc34)c2)cc1. The van der Waals surface area contributed by atoms with Crippen molar-refractivity contribution in [2.45, 2.75) is 6.42 Å². The minimum Gasteiger partial charge on any atom is -0.0622 e. The summed E-state index contributed by atoms with van der Waals surface area (Å²) in [5.41, 5.74) is 13.2. The molecule has 0 radical (unpaired) electrons. The molecule has 0 aliphatic heterocycles. The molecule has 0 nitrogen and oxygen atoms in total. The van der Waals surface area contributed by atoms with Gasteiger partial charge in [0.2, 0.25) is 0 Å². The topological polar surface area (TPSA) is 0 Å². The van der Waals surface area contributed by atoms with Crippen molar-refractivity contribution in [2.75, 3.05) is 0 Å². The fraction of sp³-hybridized carbons (Fsp3) is 0.0233. The van der Waals surface area contributed by atoms with Crippen molar-refractivity contribution >= 4 is 32.3 Å². The first-order valence-electron chi connectivity index (χ1n) is 15.1. The fourth-order valence-corrected chi connectivity index (χ4v) is 7.36. The van der Waals surface area contributed by atoms with Crippen molar-refractivity contribution < 1.29 is 0 Å². The summed E-state index contributed by atoms with van der Waals surface area (Å²) in [5.74, 6) is 0. The molecule has 0 fully saturated rings. The molecule has 0 heterocycles. The molecule has 0 N–H and O–H groups in total. The van der Waals surface area contributed by atoms with E-state index in [9.17, 15) is 0 Å². The molecular formula is C43H28. The van der Waals surface area contributed by atoms with Crippen LogP contribution in [0.1, 0.15) is 11.1 Å². The lowest BCUT2D eigenvalue weighted by atomic mass is 9.85. The van der Waals surface area contributed by atoms with Gasteiger partial charge in [-0.2, -0.15) is 0 Å². The van der Waals surface area contributed by atoms with Gasteiger partial charge in [0.05, 0.1) is 0 Å². The van der Waals surface area contributed by atoms with Gasteiger partial charge >= 0.3 is 0 Å². The molecule has 8 aromatic rings. The molecule has 0 saturated heterocycles. The van der Waals surface area contributed by atoms with Gasteiger partial charge in [0.25, 0.3) is 0 Å². The van der Waals surface area contributed by atoms with Crippen LogP contribution in [0.2, 0.25) is 0 Å². The van der Waals surface area contributed by atoms with Crippen LogP contribution in [0.3, 0.4) is 0 Å². The zero-order valence-corrected chi connectivity index (χ0v) is 23.7. The van der Waals surface area contributed by atoms with Gasteiger partial charge in [0, 0.05) is 0 Å². The zero-order valence-electron chi connectivity index (χ0n) is 23.7. The normalized spacial score (nSPS) is 12.1. The smallest absolute Gasteiger partial charge is 0.00130 e. The number of hydrogen-bond donors (Lipinski definition) is 0. The molecule has 0 unspecified atom stereocenters. The third-order valence-electron chi connectivity index (χ3n) is 9.25. The summed E-state index contributed by atoms with van der Waals surface area (Å²) >= 11 is 0. The Morgan fingerprint density at radius 1 is 0.302 bits per heavy atom. The van der Waals surface area contributed by atoms with Crippen LogP contribution in [0.5, 0.6) is 0 Å². The van der Waals surface area contributed by atoms with Gasteiger partial charge in [0.15, 0.2) is 0 Å². The predicted octanol–water partition coefficient (Wildman–Crippen LogP) is 11.7. The Hall–Kier alpha value is -5.46. The molecule has 9 rings (SSSR count). The molecule has 0 amide bonds. The van der Waals surface area contributed by atoms with Gasteiger partial charge in [-0.1, -0.05) is 152 Å². The quantitative estimate of drug-likeness (QED) is 0.194. The average Bonchev–Trinajstić information content (AvgIpc) is 3.46. The Morgan fingerprint density at radius 2 is 0.860 bits per heavy atom. The highest BCUT2D eigenvalue weighted by molar-refractivity contribution is 6.21. The standard InChI is InChI=1S/C43H28/c1-2-11-28(12-3-1)30-14-10-15-31(25-30)42-37-17-6-8-19-39(37)43(40-20-9-7-18-38(40)42)33-23-24-36-34(27-33)26-32-22-21-29-13-4-5-16-35(29)41(32)36/h1-25,27H,26H2. The average molecular weight is 545 g/mol. The lowest BCUT2D eigenvalue weighted by Crippen LogP contribution is -1.92. The summed E-state index contributed by atoms with van der Waals surface area (Å²) < 4.78 is 0. The van der Waals surface area contributed by atoms with Crippen LogP contribution < -0.4 is 0 Å². The summed E-state index contributed by atoms with van der Waals surface area (Å²) in [5, 5.41) is 7.82. The molecule has 1 aliphatic carbocycles. The number of hydrogen-bond acceptors (Lipinski definition) is 0. The summed E-state index contributed by atoms with van der Waals surface area (Å²) in [4.78, 5) is 0. The van der Waals surface area contributed by atoms with E-state index in [1.165, 1.54) is 88.0 Å². The number of fused-ring (bicyclic) bond motifs is 7. The second kappa shape index (κ2) is 9.54. The van der Waals surface area contributed by atoms with Crippen LogP contribution in [-0.4, -0.2) is 0 Å². The van der Waals surface area contributed by atoms with E-state index in [1.54, 1.807) is 0 Å². The van der Waals surface area contributed by atoms with E-state index in [0.29, 0.717) is 0 Å². The van der Waals surface area contributed by atoms with Gasteiger partial charge in [-0.25, -0.2) is 0 Å². The third-order valence-corrected chi connectivity index (χ3v) is 9.25. The summed E-state index contributed by atoms with van der Waals surface area (Å²) in [6.45, 7) is 0. The van der Waals surface area contributed by atoms with E-state index >= 15 is 0 Å². The van der Waals surface area contributed by atoms with Gasteiger partial charge in [0.1, 0.15) is 0 Å². The first-order chi connectivity index (χ1) is 21.3. The minimum atomic E-state index is 0.976. The first kappa shape index (κ1) is 24.2. The molecule has 0 heteroatoms. The molecule has 0 aromatic heterocycles. The summed E-state index contributed by atoms with van der Waals surface area (Å²) in [6, 6.07) is 58.1. The van der Waals surface area contributed by atoms with E-state index in [0.717, 1.165) is 6.42 Å². The van der Waals surface area contributed by atoms with Crippen LogP contribution in [0.15, 0.2) is 158 Å². The van der Waals surface area contributed by atoms with Crippen molar-refractivity contribution in [2.24, 2.45) is 0 Å². The largest absolute Gasteiger partial charge is 0.0622 e. The fourth-order valence-electron chi connectivity index (χ4n) is 7.36. The second-order valence-electron chi connectivity index (χ2n) is 11.7. The highest BCUT2D eigenvalue weighted by Gasteiger charge is 2.23. The van der Waals surface area contributed by atoms with Crippen molar-refractivity contribution in [1.82, 2.24) is 0 Å². The molecule has 0 bridgehead atoms. The van der Waals surface area contributed by atoms with Crippen LogP contribution >= 0.6 is 0 Å². The molecule has 1 aliphatic rings. The first-order valence-corrected chi connectivity index (χ1v) is 15.1. The van der Waals surface area contributed by atoms with Crippen molar-refractivity contribution in [1.29, 1.82) is 0 Å². The van der Waals surface area contributed by atoms with Crippen LogP contribution in [0, 0.1) is 0 Å². The van der Waals surface area contributed by atoms with Crippen LogP contribution in [0.4, 0.5) is 0 Å². The Morgan fingerprint density at radius 3 is 1.56 bits per heavy atom. The van der Waals surface area contributed by atoms with E-state index in [4.69, 9.17) is 0 Å². The van der Waals surface area contributed by atoms with Crippen LogP contribution in [-0.2, 0) is 6.42 Å². The Bertz CT molecular complexity index is 2300. The maximum Gasteiger partial charge on any atom is -0.00130 e. The maximum atomic E-state index is 2.45. The van der Waals surface area contributed by atoms with E-state index in [-0.39, 0.29) is 0 Å². The van der Waals surface area contributed by atoms with Gasteiger partial charge in [-0.15, -0.1) is 0 Å². The third kappa shape index (κ3) is 3.77. The number of benzene rings is 8. The van der Waals surface area contributed by atoms with Gasteiger partial charge < -0.3 is 0 Å². The van der Waals surface area contributed by atoms with Gasteiger partial charge in [-0.05, 0) is 100 Å². The monoisotopic (exact) mass is 544 g/mol. The van der Waals surface area contributed by atoms with Gasteiger partial charge in [-0.3, -0.25) is 0 Å². The highest BCUT2D eigenvalue weighted by Crippen LogP contribution is 2.47. The highest BCUT2D eigenvalue weighted by atomic mass is 14.3. The minimum absolute atomic E-state index is 0.976. The zero-order chi connectivity index (χ0) is 28.3. The lowest BCUT2D eigenvalue weighted by molar-refractivity contribution is 1.27. The molecular weight excluding hydrogens is 516 g/mol. The molecule has 43 heavy (non-hydrogen) atoms. The summed E-state index contributed by atoms with van der Waals surface area (Å²) in [6.07, 6.45) is 0.976. The second-order valence-corrected chi connectivity index (χ2v) is 11.7. The molecule has 200 valence electrons. The maximum absolute atomic E-state index is 2.45. The van der Waals surface area contributed by atoms with E-state index in [1.807, 2.05) is 0 Å². The molecule has 0 saturated carbocycles. The summed E-state index contributed by atoms with van der Waals surface area (Å²) in [7, 11) is 0. The van der Waals surface area contributed by atoms with Crippen molar-refractivity contribution in [3.63, 3.8) is 0 Å². The molecule has 0 spiro atoms. The van der Waals surface area contributed by atoms with E-state index in [2.05, 4.69) is 158 Å². The lowest BCUT2D eigenvalue weighted by Gasteiger charge is -2.18. The van der Waals surface area contributed by atoms with Crippen molar-refractivity contribution in [3.05, 3.63) is 169 Å². The Kier molecular flexibility index (Phi) is 5.36. The molecule has 0 atom stereocenters. The number of rotatable bonds is 3. The predicted molar refractivity (Wildman–Crippen MR) is 184 cm³/mol. The Balaban J connectivity index is 1.28. The van der Waals surface area contributed by atoms with Crippen molar-refractivity contribution in [3.8, 4) is 44.5 Å². The Labute approximate surface area is 251 Å². The van der Waals surface area contributed by atoms with E-state index < -0.39 is 0 Å². The van der Waals surface area contributed by atoms with Crippen LogP contribution in [0.25, 0.3) is 76.8 Å². The molecule has 8 aromatic carbocycles.